The molecule has 0 aromatic heterocycles. The van der Waals surface area contributed by atoms with E-state index in [0.717, 1.165) is 5.69 Å². The van der Waals surface area contributed by atoms with Crippen molar-refractivity contribution in [3.63, 3.8) is 0 Å². The number of hydrogen-bond acceptors (Lipinski definition) is 6. The van der Waals surface area contributed by atoms with Gasteiger partial charge in [-0.1, -0.05) is 24.3 Å². The summed E-state index contributed by atoms with van der Waals surface area (Å²) in [5.41, 5.74) is 1.80. The maximum Gasteiger partial charge on any atom is 0.341 e. The number of para-hydroxylation sites is 2. The van der Waals surface area contributed by atoms with Crippen LogP contribution in [0.25, 0.3) is 0 Å². The molecule has 2 aromatic rings. The van der Waals surface area contributed by atoms with Crippen molar-refractivity contribution in [2.24, 2.45) is 11.8 Å². The number of carbonyl (C=O) groups excluding carboxylic acids is 2. The highest BCUT2D eigenvalue weighted by molar-refractivity contribution is 5.99. The average Bonchev–Trinajstić information content (AvgIpc) is 3.21. The molecular weight excluding hydrogens is 396 g/mol. The van der Waals surface area contributed by atoms with E-state index in [0.29, 0.717) is 42.8 Å². The van der Waals surface area contributed by atoms with Crippen LogP contribution in [0.15, 0.2) is 48.5 Å². The molecule has 1 saturated heterocycles. The number of esters is 1. The van der Waals surface area contributed by atoms with Gasteiger partial charge in [-0.05, 0) is 48.9 Å². The molecule has 0 radical (unpaired) electrons. The molecule has 7 nitrogen and oxygen atoms in total. The number of amides is 1. The molecule has 2 N–H and O–H groups in total. The first-order chi connectivity index (χ1) is 15.0. The van der Waals surface area contributed by atoms with Gasteiger partial charge in [0.05, 0.1) is 18.8 Å². The Morgan fingerprint density at radius 3 is 2.35 bits per heavy atom. The number of aliphatic hydroxyl groups excluding tert-OH is 1. The third-order valence-corrected chi connectivity index (χ3v) is 6.37. The molecule has 0 bridgehead atoms. The van der Waals surface area contributed by atoms with E-state index in [1.54, 1.807) is 31.3 Å². The highest BCUT2D eigenvalue weighted by atomic mass is 16.5. The van der Waals surface area contributed by atoms with Gasteiger partial charge in [0.1, 0.15) is 17.4 Å². The summed E-state index contributed by atoms with van der Waals surface area (Å²) in [6.45, 7) is 1.26. The standard InChI is InChI=1S/C24H28N2O5/c1-25-19-9-5-3-7-17(19)23(28)26-13-15-11-20(27)22(12-16(15)14-26)31-21-10-6-4-8-18(21)24(29)30-2/h3-10,15-16,20,22,25,27H,11-14H2,1-2H3/t15-,16+,20+,22+/m0/s1. The molecule has 0 spiro atoms. The quantitative estimate of drug-likeness (QED) is 0.718. The van der Waals surface area contributed by atoms with Gasteiger partial charge in [0.2, 0.25) is 0 Å². The van der Waals surface area contributed by atoms with Crippen LogP contribution in [0.2, 0.25) is 0 Å². The van der Waals surface area contributed by atoms with E-state index in [1.165, 1.54) is 7.11 Å². The minimum atomic E-state index is -0.661. The Labute approximate surface area is 182 Å². The topological polar surface area (TPSA) is 88.1 Å². The summed E-state index contributed by atoms with van der Waals surface area (Å²) in [4.78, 5) is 27.0. The fourth-order valence-electron chi connectivity index (χ4n) is 4.75. The average molecular weight is 424 g/mol. The van der Waals surface area contributed by atoms with Gasteiger partial charge in [0.25, 0.3) is 5.91 Å². The van der Waals surface area contributed by atoms with E-state index in [-0.39, 0.29) is 17.7 Å². The number of nitrogens with one attached hydrogen (secondary N) is 1. The minimum Gasteiger partial charge on any atom is -0.487 e. The largest absolute Gasteiger partial charge is 0.487 e. The van der Waals surface area contributed by atoms with Crippen molar-refractivity contribution in [1.29, 1.82) is 0 Å². The Kier molecular flexibility index (Phi) is 6.13. The molecule has 1 amide bonds. The number of methoxy groups -OCH3 is 1. The smallest absolute Gasteiger partial charge is 0.341 e. The summed E-state index contributed by atoms with van der Waals surface area (Å²) < 4.78 is 10.9. The van der Waals surface area contributed by atoms with Crippen molar-refractivity contribution in [2.45, 2.75) is 25.0 Å². The normalized spacial score (nSPS) is 24.9. The van der Waals surface area contributed by atoms with E-state index < -0.39 is 18.2 Å². The number of benzene rings is 2. The lowest BCUT2D eigenvalue weighted by Gasteiger charge is -2.35. The van der Waals surface area contributed by atoms with Crippen LogP contribution in [0.1, 0.15) is 33.6 Å². The Bertz CT molecular complexity index is 962. The lowest BCUT2D eigenvalue weighted by Crippen LogP contribution is -2.42. The van der Waals surface area contributed by atoms with Gasteiger partial charge in [-0.3, -0.25) is 4.79 Å². The molecule has 4 atom stereocenters. The molecule has 2 aliphatic rings. The number of aliphatic hydroxyl groups is 1. The Hall–Kier alpha value is -3.06. The van der Waals surface area contributed by atoms with Gasteiger partial charge in [-0.2, -0.15) is 0 Å². The van der Waals surface area contributed by atoms with Crippen molar-refractivity contribution in [2.75, 3.05) is 32.6 Å². The predicted octanol–water partition coefficient (Wildman–Crippen LogP) is 2.81. The number of anilines is 1. The second-order valence-corrected chi connectivity index (χ2v) is 8.21. The van der Waals surface area contributed by atoms with Crippen LogP contribution in [-0.4, -0.2) is 61.3 Å². The molecular formula is C24H28N2O5. The number of fused-ring (bicyclic) bond motifs is 1. The van der Waals surface area contributed by atoms with E-state index in [4.69, 9.17) is 9.47 Å². The molecule has 2 aromatic carbocycles. The summed E-state index contributed by atoms with van der Waals surface area (Å²) in [5, 5.41) is 13.8. The van der Waals surface area contributed by atoms with Gasteiger partial charge < -0.3 is 24.8 Å². The summed E-state index contributed by atoms with van der Waals surface area (Å²) in [6.07, 6.45) is 0.0877. The molecule has 31 heavy (non-hydrogen) atoms. The first-order valence-corrected chi connectivity index (χ1v) is 10.6. The van der Waals surface area contributed by atoms with E-state index in [1.807, 2.05) is 29.2 Å². The van der Waals surface area contributed by atoms with Crippen LogP contribution in [0.3, 0.4) is 0 Å². The Morgan fingerprint density at radius 1 is 1.00 bits per heavy atom. The van der Waals surface area contributed by atoms with Crippen LogP contribution in [-0.2, 0) is 4.74 Å². The maximum atomic E-state index is 13.1. The van der Waals surface area contributed by atoms with Crippen LogP contribution >= 0.6 is 0 Å². The number of rotatable bonds is 5. The van der Waals surface area contributed by atoms with Gasteiger partial charge >= 0.3 is 5.97 Å². The van der Waals surface area contributed by atoms with Crippen molar-refractivity contribution < 1.29 is 24.2 Å². The lowest BCUT2D eigenvalue weighted by atomic mass is 9.78. The van der Waals surface area contributed by atoms with Gasteiger partial charge in [-0.25, -0.2) is 4.79 Å². The van der Waals surface area contributed by atoms with Crippen LogP contribution in [0.4, 0.5) is 5.69 Å². The van der Waals surface area contributed by atoms with E-state index >= 15 is 0 Å². The third kappa shape index (κ3) is 4.23. The van der Waals surface area contributed by atoms with Crippen molar-refractivity contribution in [3.05, 3.63) is 59.7 Å². The van der Waals surface area contributed by atoms with E-state index in [9.17, 15) is 14.7 Å². The molecule has 1 heterocycles. The van der Waals surface area contributed by atoms with Gasteiger partial charge in [-0.15, -0.1) is 0 Å². The number of carbonyl (C=O) groups is 2. The molecule has 2 fully saturated rings. The maximum absolute atomic E-state index is 13.1. The lowest BCUT2D eigenvalue weighted by molar-refractivity contribution is -0.0237. The Balaban J connectivity index is 1.46. The highest BCUT2D eigenvalue weighted by Crippen LogP contribution is 2.39. The van der Waals surface area contributed by atoms with Crippen LogP contribution < -0.4 is 10.1 Å². The molecule has 164 valence electrons. The third-order valence-electron chi connectivity index (χ3n) is 6.37. The SMILES string of the molecule is CNc1ccccc1C(=O)N1C[C@H]2C[C@@H](Oc3ccccc3C(=O)OC)[C@H](O)C[C@H]2C1. The highest BCUT2D eigenvalue weighted by Gasteiger charge is 2.44. The van der Waals surface area contributed by atoms with Crippen molar-refractivity contribution >= 4 is 17.6 Å². The first kappa shape index (κ1) is 21.2. The van der Waals surface area contributed by atoms with Crippen molar-refractivity contribution in [1.82, 2.24) is 4.90 Å². The van der Waals surface area contributed by atoms with Crippen LogP contribution in [0, 0.1) is 11.8 Å². The zero-order valence-corrected chi connectivity index (χ0v) is 17.8. The zero-order valence-electron chi connectivity index (χ0n) is 17.8. The van der Waals surface area contributed by atoms with Crippen LogP contribution in [0.5, 0.6) is 5.75 Å². The summed E-state index contributed by atoms with van der Waals surface area (Å²) in [5.74, 6) is 0.411. The molecule has 0 unspecified atom stereocenters. The van der Waals surface area contributed by atoms with Gasteiger partial charge in [0.15, 0.2) is 0 Å². The number of nitrogens with zero attached hydrogens (tertiary/aromatic N) is 1. The summed E-state index contributed by atoms with van der Waals surface area (Å²) >= 11 is 0. The first-order valence-electron chi connectivity index (χ1n) is 10.6. The molecule has 4 rings (SSSR count). The minimum absolute atomic E-state index is 0.00217. The fourth-order valence-corrected chi connectivity index (χ4v) is 4.75. The Morgan fingerprint density at radius 2 is 1.65 bits per heavy atom. The molecule has 1 aliphatic heterocycles. The zero-order chi connectivity index (χ0) is 22.0. The van der Waals surface area contributed by atoms with E-state index in [2.05, 4.69) is 5.32 Å². The second-order valence-electron chi connectivity index (χ2n) is 8.21. The van der Waals surface area contributed by atoms with Crippen molar-refractivity contribution in [3.8, 4) is 5.75 Å². The number of likely N-dealkylation sites (tertiary alicyclic amines) is 1. The monoisotopic (exact) mass is 424 g/mol. The number of ether oxygens (including phenoxy) is 2. The predicted molar refractivity (Wildman–Crippen MR) is 116 cm³/mol. The van der Waals surface area contributed by atoms with Gasteiger partial charge in [0, 0.05) is 25.8 Å². The summed E-state index contributed by atoms with van der Waals surface area (Å²) in [7, 11) is 3.13. The molecule has 1 saturated carbocycles. The molecule has 1 aliphatic carbocycles. The fraction of sp³-hybridized carbons (Fsp3) is 0.417. The second kappa shape index (κ2) is 8.98. The molecule has 7 heteroatoms. The summed E-state index contributed by atoms with van der Waals surface area (Å²) in [6, 6.07) is 14.4. The number of hydrogen-bond donors (Lipinski definition) is 2.